The van der Waals surface area contributed by atoms with Crippen molar-refractivity contribution in [1.29, 1.82) is 0 Å². The number of Topliss-reactive ketones (excluding diaryl/α,β-unsaturated/α-hetero) is 1. The summed E-state index contributed by atoms with van der Waals surface area (Å²) < 4.78 is 0. The van der Waals surface area contributed by atoms with E-state index in [-0.39, 0.29) is 36.6 Å². The summed E-state index contributed by atoms with van der Waals surface area (Å²) >= 11 is 0. The Hall–Kier alpha value is -1.50. The molecule has 0 aromatic carbocycles. The number of ketones is 1. The van der Waals surface area contributed by atoms with Gasteiger partial charge < -0.3 is 20.4 Å². The van der Waals surface area contributed by atoms with Gasteiger partial charge in [0.25, 0.3) is 0 Å². The molecule has 26 heavy (non-hydrogen) atoms. The maximum atomic E-state index is 12.1. The SMILES string of the molecule is CC(O)CCC[C@H](O)/C=C/C1[C@H](O)CC(=O)[C@@H]1C/C=C\CCCC(=O)O. The smallest absolute Gasteiger partial charge is 0.303 e. The molecule has 148 valence electrons. The van der Waals surface area contributed by atoms with Gasteiger partial charge in [0.1, 0.15) is 5.78 Å². The van der Waals surface area contributed by atoms with Gasteiger partial charge >= 0.3 is 5.97 Å². The summed E-state index contributed by atoms with van der Waals surface area (Å²) in [5, 5.41) is 37.9. The quantitative estimate of drug-likeness (QED) is 0.310. The minimum Gasteiger partial charge on any atom is -0.481 e. The number of carbonyl (C=O) groups excluding carboxylic acids is 1. The second-order valence-electron chi connectivity index (χ2n) is 7.15. The van der Waals surface area contributed by atoms with Crippen LogP contribution in [0.1, 0.15) is 58.3 Å². The van der Waals surface area contributed by atoms with E-state index in [1.807, 2.05) is 12.2 Å². The van der Waals surface area contributed by atoms with Gasteiger partial charge in [-0.3, -0.25) is 9.59 Å². The third-order valence-electron chi connectivity index (χ3n) is 4.73. The summed E-state index contributed by atoms with van der Waals surface area (Å²) in [5.74, 6) is -1.41. The van der Waals surface area contributed by atoms with E-state index in [0.29, 0.717) is 38.5 Å². The van der Waals surface area contributed by atoms with Crippen molar-refractivity contribution in [3.8, 4) is 0 Å². The molecule has 2 unspecified atom stereocenters. The Morgan fingerprint density at radius 3 is 2.62 bits per heavy atom. The molecule has 1 rings (SSSR count). The van der Waals surface area contributed by atoms with Crippen molar-refractivity contribution in [2.24, 2.45) is 11.8 Å². The van der Waals surface area contributed by atoms with Gasteiger partial charge in [-0.15, -0.1) is 0 Å². The van der Waals surface area contributed by atoms with Crippen LogP contribution >= 0.6 is 0 Å². The lowest BCUT2D eigenvalue weighted by Crippen LogP contribution is -2.18. The molecular formula is C20H32O6. The summed E-state index contributed by atoms with van der Waals surface area (Å²) in [4.78, 5) is 22.6. The number of hydrogen-bond donors (Lipinski definition) is 4. The number of rotatable bonds is 12. The van der Waals surface area contributed by atoms with E-state index in [0.717, 1.165) is 0 Å². The molecule has 0 radical (unpaired) electrons. The maximum Gasteiger partial charge on any atom is 0.303 e. The number of unbranched alkanes of at least 4 members (excludes halogenated alkanes) is 1. The molecule has 1 aliphatic carbocycles. The zero-order chi connectivity index (χ0) is 19.5. The summed E-state index contributed by atoms with van der Waals surface area (Å²) in [6, 6.07) is 0. The molecule has 0 amide bonds. The molecule has 6 heteroatoms. The first kappa shape index (κ1) is 22.5. The van der Waals surface area contributed by atoms with E-state index in [1.165, 1.54) is 0 Å². The van der Waals surface area contributed by atoms with Gasteiger partial charge in [0, 0.05) is 24.7 Å². The molecule has 4 N–H and O–H groups in total. The summed E-state index contributed by atoms with van der Waals surface area (Å²) in [7, 11) is 0. The van der Waals surface area contributed by atoms with Crippen LogP contribution in [-0.2, 0) is 9.59 Å². The number of hydrogen-bond acceptors (Lipinski definition) is 5. The first-order valence-corrected chi connectivity index (χ1v) is 9.43. The van der Waals surface area contributed by atoms with Crippen molar-refractivity contribution in [3.63, 3.8) is 0 Å². The fraction of sp³-hybridized carbons (Fsp3) is 0.700. The van der Waals surface area contributed by atoms with E-state index in [4.69, 9.17) is 5.11 Å². The van der Waals surface area contributed by atoms with Crippen LogP contribution in [-0.4, -0.2) is 50.5 Å². The summed E-state index contributed by atoms with van der Waals surface area (Å²) in [5.41, 5.74) is 0. The second-order valence-corrected chi connectivity index (χ2v) is 7.15. The lowest BCUT2D eigenvalue weighted by atomic mass is 9.90. The topological polar surface area (TPSA) is 115 Å². The van der Waals surface area contributed by atoms with Gasteiger partial charge in [0.05, 0.1) is 18.3 Å². The maximum absolute atomic E-state index is 12.1. The third kappa shape index (κ3) is 8.74. The Bertz CT molecular complexity index is 497. The molecule has 5 atom stereocenters. The molecule has 0 aliphatic heterocycles. The highest BCUT2D eigenvalue weighted by Crippen LogP contribution is 2.33. The van der Waals surface area contributed by atoms with Gasteiger partial charge in [-0.25, -0.2) is 0 Å². The van der Waals surface area contributed by atoms with E-state index in [1.54, 1.807) is 19.1 Å². The van der Waals surface area contributed by atoms with Gasteiger partial charge in [-0.2, -0.15) is 0 Å². The Labute approximate surface area is 155 Å². The molecule has 0 spiro atoms. The molecule has 0 aromatic heterocycles. The van der Waals surface area contributed by atoms with Crippen LogP contribution in [0, 0.1) is 11.8 Å². The van der Waals surface area contributed by atoms with Crippen LogP contribution in [0.2, 0.25) is 0 Å². The molecule has 0 heterocycles. The number of carboxylic acid groups (broad SMARTS) is 1. The average Bonchev–Trinajstić information content (AvgIpc) is 2.81. The van der Waals surface area contributed by atoms with Crippen LogP contribution in [0.4, 0.5) is 0 Å². The predicted octanol–water partition coefficient (Wildman–Crippen LogP) is 2.22. The Balaban J connectivity index is 2.47. The lowest BCUT2D eigenvalue weighted by Gasteiger charge is -2.16. The number of aliphatic hydroxyl groups is 3. The molecule has 0 bridgehead atoms. The first-order valence-electron chi connectivity index (χ1n) is 9.43. The monoisotopic (exact) mass is 368 g/mol. The number of aliphatic carboxylic acids is 1. The predicted molar refractivity (Wildman–Crippen MR) is 98.5 cm³/mol. The summed E-state index contributed by atoms with van der Waals surface area (Å²) in [6.45, 7) is 1.71. The minimum atomic E-state index is -0.815. The minimum absolute atomic E-state index is 0.0194. The van der Waals surface area contributed by atoms with E-state index in [9.17, 15) is 24.9 Å². The van der Waals surface area contributed by atoms with Crippen molar-refractivity contribution >= 4 is 11.8 Å². The largest absolute Gasteiger partial charge is 0.481 e. The normalized spacial score (nSPS) is 26.0. The van der Waals surface area contributed by atoms with Crippen molar-refractivity contribution in [2.45, 2.75) is 76.6 Å². The van der Waals surface area contributed by atoms with Gasteiger partial charge in [0.2, 0.25) is 0 Å². The second kappa shape index (κ2) is 12.0. The number of carboxylic acids is 1. The first-order chi connectivity index (χ1) is 12.3. The number of aliphatic hydroxyl groups excluding tert-OH is 3. The van der Waals surface area contributed by atoms with E-state index in [2.05, 4.69) is 0 Å². The molecule has 1 saturated carbocycles. The highest BCUT2D eigenvalue weighted by atomic mass is 16.4. The van der Waals surface area contributed by atoms with E-state index < -0.39 is 18.2 Å². The standard InChI is InChI=1S/C20H32O6/c1-14(21)7-6-8-15(22)11-12-17-16(18(23)13-19(17)24)9-4-2-3-5-10-20(25)26/h2,4,11-12,14-17,19,21-22,24H,3,5-10,13H2,1H3,(H,25,26)/b4-2-,12-11+/t14?,15-,16+,17?,19+/m0/s1. The van der Waals surface area contributed by atoms with Gasteiger partial charge in [-0.05, 0) is 45.4 Å². The Morgan fingerprint density at radius 1 is 1.23 bits per heavy atom. The fourth-order valence-electron chi connectivity index (χ4n) is 3.23. The van der Waals surface area contributed by atoms with Crippen LogP contribution < -0.4 is 0 Å². The molecule has 6 nitrogen and oxygen atoms in total. The lowest BCUT2D eigenvalue weighted by molar-refractivity contribution is -0.137. The number of carbonyl (C=O) groups is 2. The van der Waals surface area contributed by atoms with Gasteiger partial charge in [0.15, 0.2) is 0 Å². The fourth-order valence-corrected chi connectivity index (χ4v) is 3.23. The summed E-state index contributed by atoms with van der Waals surface area (Å²) in [6.07, 6.45) is 9.23. The molecule has 0 saturated heterocycles. The van der Waals surface area contributed by atoms with Crippen molar-refractivity contribution in [1.82, 2.24) is 0 Å². The van der Waals surface area contributed by atoms with Crippen LogP contribution in [0.5, 0.6) is 0 Å². The molecule has 1 fully saturated rings. The number of allylic oxidation sites excluding steroid dienone is 2. The molecule has 0 aromatic rings. The average molecular weight is 368 g/mol. The van der Waals surface area contributed by atoms with Crippen LogP contribution in [0.3, 0.4) is 0 Å². The zero-order valence-electron chi connectivity index (χ0n) is 15.5. The van der Waals surface area contributed by atoms with Crippen molar-refractivity contribution in [2.75, 3.05) is 0 Å². The Morgan fingerprint density at radius 2 is 1.96 bits per heavy atom. The zero-order valence-corrected chi connectivity index (χ0v) is 15.5. The van der Waals surface area contributed by atoms with Crippen molar-refractivity contribution < 1.29 is 30.0 Å². The Kier molecular flexibility index (Phi) is 10.4. The third-order valence-corrected chi connectivity index (χ3v) is 4.73. The highest BCUT2D eigenvalue weighted by molar-refractivity contribution is 5.84. The van der Waals surface area contributed by atoms with Crippen LogP contribution in [0.15, 0.2) is 24.3 Å². The molecular weight excluding hydrogens is 336 g/mol. The molecule has 1 aliphatic rings. The highest BCUT2D eigenvalue weighted by Gasteiger charge is 2.39. The van der Waals surface area contributed by atoms with Gasteiger partial charge in [-0.1, -0.05) is 24.3 Å². The van der Waals surface area contributed by atoms with Crippen LogP contribution in [0.25, 0.3) is 0 Å². The van der Waals surface area contributed by atoms with E-state index >= 15 is 0 Å². The van der Waals surface area contributed by atoms with Crippen molar-refractivity contribution in [3.05, 3.63) is 24.3 Å².